The molecule has 134 valence electrons. The molecule has 5 heterocycles. The van der Waals surface area contributed by atoms with Crippen LogP contribution in [0.5, 0.6) is 0 Å². The van der Waals surface area contributed by atoms with Crippen LogP contribution in [0.2, 0.25) is 0 Å². The highest BCUT2D eigenvalue weighted by Gasteiger charge is 2.71. The van der Waals surface area contributed by atoms with Crippen LogP contribution in [0.15, 0.2) is 35.6 Å². The summed E-state index contributed by atoms with van der Waals surface area (Å²) in [6, 6.07) is 9.25. The summed E-state index contributed by atoms with van der Waals surface area (Å²) in [6.45, 7) is 2.20. The number of hydrogen-bond acceptors (Lipinski definition) is 4. The highest BCUT2D eigenvalue weighted by Crippen LogP contribution is 2.65. The minimum atomic E-state index is -0.0623. The molecule has 6 unspecified atom stereocenters. The van der Waals surface area contributed by atoms with Crippen molar-refractivity contribution in [1.29, 1.82) is 0 Å². The van der Waals surface area contributed by atoms with Gasteiger partial charge >= 0.3 is 0 Å². The third-order valence-corrected chi connectivity index (χ3v) is 8.33. The van der Waals surface area contributed by atoms with Crippen LogP contribution in [-0.2, 0) is 14.9 Å². The van der Waals surface area contributed by atoms with Gasteiger partial charge in [0.15, 0.2) is 0 Å². The van der Waals surface area contributed by atoms with Crippen molar-refractivity contribution in [1.82, 2.24) is 4.90 Å². The van der Waals surface area contributed by atoms with Crippen LogP contribution in [-0.4, -0.2) is 53.8 Å². The number of aliphatic hydroxyl groups is 1. The summed E-state index contributed by atoms with van der Waals surface area (Å²) >= 11 is 0. The minimum Gasteiger partial charge on any atom is -0.510 e. The molecule has 1 N–H and O–H groups in total. The molecule has 5 nitrogen and oxygen atoms in total. The summed E-state index contributed by atoms with van der Waals surface area (Å²) in [5.41, 5.74) is 3.75. The molecule has 1 aliphatic carbocycles. The van der Waals surface area contributed by atoms with Crippen LogP contribution in [0.1, 0.15) is 24.8 Å². The second-order valence-electron chi connectivity index (χ2n) is 8.95. The first-order valence-corrected chi connectivity index (χ1v) is 9.88. The normalized spacial score (nSPS) is 45.0. The van der Waals surface area contributed by atoms with Gasteiger partial charge in [-0.1, -0.05) is 18.2 Å². The van der Waals surface area contributed by atoms with Crippen LogP contribution in [0.3, 0.4) is 0 Å². The fraction of sp³-hybridized carbons (Fsp3) is 0.571. The van der Waals surface area contributed by atoms with E-state index in [-0.39, 0.29) is 30.1 Å². The Bertz CT molecular complexity index is 895. The van der Waals surface area contributed by atoms with E-state index in [1.54, 1.807) is 0 Å². The summed E-state index contributed by atoms with van der Waals surface area (Å²) in [5, 5.41) is 10.7. The first kappa shape index (κ1) is 14.2. The van der Waals surface area contributed by atoms with E-state index in [2.05, 4.69) is 34.1 Å². The first-order chi connectivity index (χ1) is 12.7. The molecule has 4 fully saturated rings. The van der Waals surface area contributed by atoms with Crippen molar-refractivity contribution in [2.45, 2.75) is 42.9 Å². The standard InChI is InChI=1S/C21H22N2O3/c24-15-10-26-16-8-18(25)23-14-4-2-1-3-13(14)21-5-6-22-9-12(15)11(7-17(21)22)19(16)20(21)23/h1-4,11,16-17,19-20,24H,5-10H2. The number of aliphatic hydroxyl groups excluding tert-OH is 1. The molecular formula is C21H22N2O3. The summed E-state index contributed by atoms with van der Waals surface area (Å²) in [7, 11) is 0. The zero-order chi connectivity index (χ0) is 17.2. The van der Waals surface area contributed by atoms with Gasteiger partial charge in [0.2, 0.25) is 5.91 Å². The van der Waals surface area contributed by atoms with Crippen molar-refractivity contribution < 1.29 is 14.6 Å². The van der Waals surface area contributed by atoms with Gasteiger partial charge in [0.25, 0.3) is 0 Å². The van der Waals surface area contributed by atoms with Crippen molar-refractivity contribution in [2.24, 2.45) is 11.8 Å². The first-order valence-electron chi connectivity index (χ1n) is 9.88. The van der Waals surface area contributed by atoms with Crippen LogP contribution >= 0.6 is 0 Å². The number of carbonyl (C=O) groups excluding carboxylic acids is 1. The zero-order valence-corrected chi connectivity index (χ0v) is 14.6. The van der Waals surface area contributed by atoms with Gasteiger partial charge in [-0.3, -0.25) is 9.69 Å². The Morgan fingerprint density at radius 2 is 2.15 bits per heavy atom. The predicted molar refractivity (Wildman–Crippen MR) is 95.0 cm³/mol. The smallest absolute Gasteiger partial charge is 0.229 e. The average Bonchev–Trinajstić information content (AvgIpc) is 3.15. The third-order valence-electron chi connectivity index (χ3n) is 8.33. The second kappa shape index (κ2) is 4.34. The van der Waals surface area contributed by atoms with E-state index in [1.165, 1.54) is 11.1 Å². The SMILES string of the molecule is O=C1CC2OCC(O)=C3CN4CCC56c7ccccc7N1C5C2C3CC46. The molecule has 6 aliphatic rings. The molecule has 5 heteroatoms. The van der Waals surface area contributed by atoms with Gasteiger partial charge in [-0.05, 0) is 42.5 Å². The maximum absolute atomic E-state index is 13.2. The third kappa shape index (κ3) is 1.34. The largest absolute Gasteiger partial charge is 0.510 e. The highest BCUT2D eigenvalue weighted by atomic mass is 16.5. The predicted octanol–water partition coefficient (Wildman–Crippen LogP) is 1.98. The molecule has 6 atom stereocenters. The van der Waals surface area contributed by atoms with Gasteiger partial charge in [-0.25, -0.2) is 0 Å². The van der Waals surface area contributed by atoms with E-state index in [1.807, 2.05) is 0 Å². The fourth-order valence-electron chi connectivity index (χ4n) is 7.56. The quantitative estimate of drug-likeness (QED) is 0.777. The molecule has 1 amide bonds. The van der Waals surface area contributed by atoms with Crippen molar-refractivity contribution in [2.75, 3.05) is 24.6 Å². The zero-order valence-electron chi connectivity index (χ0n) is 14.6. The number of anilines is 1. The Labute approximate surface area is 152 Å². The summed E-state index contributed by atoms with van der Waals surface area (Å²) in [4.78, 5) is 17.9. The molecule has 26 heavy (non-hydrogen) atoms. The van der Waals surface area contributed by atoms with Gasteiger partial charge < -0.3 is 14.7 Å². The Morgan fingerprint density at radius 3 is 3.08 bits per heavy atom. The van der Waals surface area contributed by atoms with Gasteiger partial charge in [0.1, 0.15) is 12.4 Å². The maximum Gasteiger partial charge on any atom is 0.229 e. The number of ether oxygens (including phenoxy) is 1. The number of amides is 1. The van der Waals surface area contributed by atoms with Crippen LogP contribution in [0.25, 0.3) is 0 Å². The minimum absolute atomic E-state index is 0.0426. The van der Waals surface area contributed by atoms with Gasteiger partial charge in [0, 0.05) is 29.6 Å². The van der Waals surface area contributed by atoms with Crippen molar-refractivity contribution in [3.63, 3.8) is 0 Å². The monoisotopic (exact) mass is 350 g/mol. The Balaban J connectivity index is 1.55. The van der Waals surface area contributed by atoms with Gasteiger partial charge in [0.05, 0.1) is 18.6 Å². The van der Waals surface area contributed by atoms with Crippen molar-refractivity contribution >= 4 is 11.6 Å². The molecule has 1 aromatic carbocycles. The Morgan fingerprint density at radius 1 is 1.27 bits per heavy atom. The van der Waals surface area contributed by atoms with E-state index in [0.29, 0.717) is 30.1 Å². The molecule has 1 spiro atoms. The van der Waals surface area contributed by atoms with Gasteiger partial charge in [-0.2, -0.15) is 0 Å². The lowest BCUT2D eigenvalue weighted by Gasteiger charge is -2.58. The van der Waals surface area contributed by atoms with Crippen LogP contribution in [0, 0.1) is 11.8 Å². The maximum atomic E-state index is 13.2. The lowest BCUT2D eigenvalue weighted by molar-refractivity contribution is -0.132. The van der Waals surface area contributed by atoms with Gasteiger partial charge in [-0.15, -0.1) is 0 Å². The van der Waals surface area contributed by atoms with E-state index >= 15 is 0 Å². The molecule has 7 rings (SSSR count). The summed E-state index contributed by atoms with van der Waals surface area (Å²) in [6.07, 6.45) is 2.58. The van der Waals surface area contributed by atoms with E-state index in [9.17, 15) is 9.90 Å². The molecule has 0 radical (unpaired) electrons. The number of para-hydroxylation sites is 1. The molecule has 5 aliphatic heterocycles. The Kier molecular flexibility index (Phi) is 2.38. The molecule has 1 aromatic rings. The number of piperidine rings is 2. The second-order valence-corrected chi connectivity index (χ2v) is 8.95. The van der Waals surface area contributed by atoms with E-state index < -0.39 is 0 Å². The number of rotatable bonds is 0. The van der Waals surface area contributed by atoms with Crippen LogP contribution < -0.4 is 4.90 Å². The Hall–Kier alpha value is -1.85. The topological polar surface area (TPSA) is 53.0 Å². The van der Waals surface area contributed by atoms with Crippen LogP contribution in [0.4, 0.5) is 5.69 Å². The summed E-state index contributed by atoms with van der Waals surface area (Å²) < 4.78 is 6.13. The summed E-state index contributed by atoms with van der Waals surface area (Å²) in [5.74, 6) is 1.28. The molecular weight excluding hydrogens is 328 g/mol. The molecule has 1 saturated carbocycles. The lowest BCUT2D eigenvalue weighted by atomic mass is 9.53. The van der Waals surface area contributed by atoms with E-state index in [0.717, 1.165) is 31.6 Å². The average molecular weight is 350 g/mol. The molecule has 3 saturated heterocycles. The van der Waals surface area contributed by atoms with Crippen molar-refractivity contribution in [3.05, 3.63) is 41.2 Å². The van der Waals surface area contributed by atoms with Crippen molar-refractivity contribution in [3.8, 4) is 0 Å². The number of benzene rings is 1. The van der Waals surface area contributed by atoms with E-state index in [4.69, 9.17) is 4.74 Å². The number of hydrogen-bond donors (Lipinski definition) is 1. The number of fused-ring (bicyclic) bond motifs is 2. The fourth-order valence-corrected chi connectivity index (χ4v) is 7.56. The number of nitrogens with zero attached hydrogens (tertiary/aromatic N) is 2. The molecule has 2 bridgehead atoms. The lowest BCUT2D eigenvalue weighted by Crippen LogP contribution is -2.69. The molecule has 0 aromatic heterocycles. The number of carbonyl (C=O) groups is 1. The highest BCUT2D eigenvalue weighted by molar-refractivity contribution is 5.99.